The monoisotopic (exact) mass is 355 g/mol. The van der Waals surface area contributed by atoms with Gasteiger partial charge in [0, 0.05) is 12.6 Å². The van der Waals surface area contributed by atoms with Crippen LogP contribution in [0.1, 0.15) is 25.1 Å². The summed E-state index contributed by atoms with van der Waals surface area (Å²) in [6.07, 6.45) is 6.29. The lowest BCUT2D eigenvalue weighted by molar-refractivity contribution is -0.975. The van der Waals surface area contributed by atoms with E-state index in [4.69, 9.17) is 21.1 Å². The highest BCUT2D eigenvalue weighted by atomic mass is 16.9. The molecule has 0 amide bonds. The van der Waals surface area contributed by atoms with Gasteiger partial charge in [0.1, 0.15) is 11.1 Å². The minimum absolute atomic E-state index is 0.114. The highest BCUT2D eigenvalue weighted by Gasteiger charge is 2.15. The van der Waals surface area contributed by atoms with Gasteiger partial charge in [-0.05, 0) is 12.5 Å². The minimum atomic E-state index is -1.05. The van der Waals surface area contributed by atoms with Gasteiger partial charge in [-0.1, -0.05) is 12.8 Å². The standard InChI is InChI=1S/C15H21N3O7/c1-3-13(4-2)25-15(20)23-11-17-8-5-6-12(10-17)14(19)16-7-9-24-18(21)22/h1,5-6,8,10,13-14,16,19H,4,7,9,11H2,2H3,(H,21,22)/q+2/t13-,14?/m1/s1. The van der Waals surface area contributed by atoms with Gasteiger partial charge in [-0.25, -0.2) is 10.0 Å². The fourth-order valence-electron chi connectivity index (χ4n) is 1.73. The zero-order valence-corrected chi connectivity index (χ0v) is 13.7. The Hall–Kier alpha value is -2.90. The van der Waals surface area contributed by atoms with E-state index in [9.17, 15) is 14.8 Å². The van der Waals surface area contributed by atoms with E-state index in [0.717, 1.165) is 0 Å². The van der Waals surface area contributed by atoms with Gasteiger partial charge < -0.3 is 14.6 Å². The number of rotatable bonds is 10. The molecule has 0 saturated heterocycles. The van der Waals surface area contributed by atoms with E-state index in [-0.39, 0.29) is 19.9 Å². The van der Waals surface area contributed by atoms with Crippen molar-refractivity contribution in [2.24, 2.45) is 0 Å². The molecule has 1 aromatic rings. The normalized spacial score (nSPS) is 12.5. The summed E-state index contributed by atoms with van der Waals surface area (Å²) in [5.41, 5.74) is 0.484. The summed E-state index contributed by atoms with van der Waals surface area (Å²) in [5.74, 6) is 2.32. The quantitative estimate of drug-likeness (QED) is 0.136. The number of hydrogen-bond donors (Lipinski definition) is 3. The van der Waals surface area contributed by atoms with Crippen molar-refractivity contribution in [1.29, 1.82) is 0 Å². The maximum Gasteiger partial charge on any atom is 0.514 e. The zero-order chi connectivity index (χ0) is 18.7. The molecule has 0 aliphatic rings. The summed E-state index contributed by atoms with van der Waals surface area (Å²) in [4.78, 5) is 25.9. The van der Waals surface area contributed by atoms with Crippen LogP contribution in [-0.2, 0) is 21.0 Å². The van der Waals surface area contributed by atoms with E-state index in [0.29, 0.717) is 12.0 Å². The second kappa shape index (κ2) is 10.8. The molecular weight excluding hydrogens is 334 g/mol. The molecule has 0 spiro atoms. The minimum Gasteiger partial charge on any atom is -0.418 e. The largest absolute Gasteiger partial charge is 0.514 e. The predicted octanol–water partition coefficient (Wildman–Crippen LogP) is 0.177. The number of nitrogens with zero attached hydrogens (tertiary/aromatic N) is 2. The molecule has 3 N–H and O–H groups in total. The lowest BCUT2D eigenvalue weighted by Gasteiger charge is -2.11. The fraction of sp³-hybridized carbons (Fsp3) is 0.467. The van der Waals surface area contributed by atoms with Crippen LogP contribution in [0, 0.1) is 17.3 Å². The first-order valence-corrected chi connectivity index (χ1v) is 7.45. The van der Waals surface area contributed by atoms with Crippen molar-refractivity contribution in [3.63, 3.8) is 0 Å². The van der Waals surface area contributed by atoms with Crippen LogP contribution in [0.2, 0.25) is 0 Å². The van der Waals surface area contributed by atoms with E-state index in [1.807, 2.05) is 0 Å². The van der Waals surface area contributed by atoms with E-state index < -0.39 is 23.6 Å². The second-order valence-corrected chi connectivity index (χ2v) is 4.78. The molecule has 1 heterocycles. The van der Waals surface area contributed by atoms with Crippen LogP contribution in [0.15, 0.2) is 24.5 Å². The number of hydrogen-bond acceptors (Lipinski definition) is 7. The number of carbonyl (C=O) groups is 1. The van der Waals surface area contributed by atoms with Crippen LogP contribution in [0.4, 0.5) is 4.79 Å². The lowest BCUT2D eigenvalue weighted by Crippen LogP contribution is -2.37. The molecule has 136 valence electrons. The molecule has 1 rings (SSSR count). The lowest BCUT2D eigenvalue weighted by atomic mass is 10.2. The summed E-state index contributed by atoms with van der Waals surface area (Å²) in [5, 5.41) is 20.3. The Labute approximate surface area is 144 Å². The van der Waals surface area contributed by atoms with E-state index in [1.165, 1.54) is 4.57 Å². The molecule has 1 aromatic heterocycles. The Morgan fingerprint density at radius 1 is 1.56 bits per heavy atom. The van der Waals surface area contributed by atoms with Crippen molar-refractivity contribution in [2.45, 2.75) is 32.4 Å². The summed E-state index contributed by atoms with van der Waals surface area (Å²) >= 11 is 0. The maximum atomic E-state index is 11.5. The molecular formula is C15H21N3O7+2. The molecule has 0 aliphatic heterocycles. The number of aliphatic hydroxyl groups is 1. The Kier molecular flexibility index (Phi) is 8.70. The highest BCUT2D eigenvalue weighted by Crippen LogP contribution is 2.06. The van der Waals surface area contributed by atoms with Gasteiger partial charge in [0.05, 0.1) is 5.56 Å². The number of pyridine rings is 1. The Bertz CT molecular complexity index is 617. The molecule has 0 aromatic carbocycles. The van der Waals surface area contributed by atoms with Crippen molar-refractivity contribution in [1.82, 2.24) is 5.32 Å². The topological polar surface area (TPSA) is 121 Å². The number of nitrogens with one attached hydrogen (secondary N) is 1. The summed E-state index contributed by atoms with van der Waals surface area (Å²) < 4.78 is 11.4. The smallest absolute Gasteiger partial charge is 0.418 e. The first-order valence-electron chi connectivity index (χ1n) is 7.45. The number of carbonyl (C=O) groups excluding carboxylic acids is 1. The average Bonchev–Trinajstić information content (AvgIpc) is 2.61. The van der Waals surface area contributed by atoms with E-state index in [1.54, 1.807) is 31.5 Å². The zero-order valence-electron chi connectivity index (χ0n) is 13.7. The third-order valence-corrected chi connectivity index (χ3v) is 2.96. The number of ether oxygens (including phenoxy) is 2. The Morgan fingerprint density at radius 2 is 2.32 bits per heavy atom. The summed E-state index contributed by atoms with van der Waals surface area (Å²) in [6.45, 7) is 1.64. The molecule has 25 heavy (non-hydrogen) atoms. The number of aromatic nitrogens is 1. The van der Waals surface area contributed by atoms with Crippen molar-refractivity contribution in [3.05, 3.63) is 35.0 Å². The molecule has 0 saturated carbocycles. The number of aliphatic hydroxyl groups excluding tert-OH is 1. The first kappa shape index (κ1) is 20.1. The maximum absolute atomic E-state index is 11.5. The van der Waals surface area contributed by atoms with Gasteiger partial charge in [0.15, 0.2) is 25.1 Å². The SMILES string of the molecule is C#C[C@H](CC)OC(=O)OC[n+]1cccc(C(O)NCCO[N+](=O)O)c1. The molecule has 2 atom stereocenters. The van der Waals surface area contributed by atoms with Crippen LogP contribution < -0.4 is 9.88 Å². The molecule has 0 fully saturated rings. The summed E-state index contributed by atoms with van der Waals surface area (Å²) in [7, 11) is 0. The molecule has 0 aliphatic carbocycles. The van der Waals surface area contributed by atoms with Gasteiger partial charge >= 0.3 is 11.2 Å². The van der Waals surface area contributed by atoms with Crippen LogP contribution >= 0.6 is 0 Å². The van der Waals surface area contributed by atoms with E-state index in [2.05, 4.69) is 16.1 Å². The Balaban J connectivity index is 2.47. The van der Waals surface area contributed by atoms with Crippen molar-refractivity contribution >= 4 is 6.16 Å². The molecule has 10 nitrogen and oxygen atoms in total. The Morgan fingerprint density at radius 3 is 2.96 bits per heavy atom. The molecule has 1 unspecified atom stereocenters. The summed E-state index contributed by atoms with van der Waals surface area (Å²) in [6, 6.07) is 3.29. The second-order valence-electron chi connectivity index (χ2n) is 4.78. The van der Waals surface area contributed by atoms with Crippen molar-refractivity contribution in [2.75, 3.05) is 13.2 Å². The fourth-order valence-corrected chi connectivity index (χ4v) is 1.73. The van der Waals surface area contributed by atoms with Crippen LogP contribution in [0.25, 0.3) is 0 Å². The predicted molar refractivity (Wildman–Crippen MR) is 81.4 cm³/mol. The van der Waals surface area contributed by atoms with Gasteiger partial charge in [0.25, 0.3) is 6.73 Å². The van der Waals surface area contributed by atoms with Crippen LogP contribution in [0.5, 0.6) is 0 Å². The first-order chi connectivity index (χ1) is 12.0. The van der Waals surface area contributed by atoms with E-state index >= 15 is 0 Å². The third-order valence-electron chi connectivity index (χ3n) is 2.96. The van der Waals surface area contributed by atoms with Crippen LogP contribution in [0.3, 0.4) is 0 Å². The van der Waals surface area contributed by atoms with Gasteiger partial charge in [0.2, 0.25) is 0 Å². The van der Waals surface area contributed by atoms with Gasteiger partial charge in [-0.3, -0.25) is 5.32 Å². The van der Waals surface area contributed by atoms with Crippen molar-refractivity contribution in [3.8, 4) is 12.3 Å². The van der Waals surface area contributed by atoms with Crippen LogP contribution in [-0.4, -0.2) is 40.8 Å². The van der Waals surface area contributed by atoms with Crippen molar-refractivity contribution < 1.29 is 39.1 Å². The highest BCUT2D eigenvalue weighted by molar-refractivity contribution is 5.60. The number of terminal acetylenes is 1. The third kappa shape index (κ3) is 7.96. The molecule has 10 heteroatoms. The van der Waals surface area contributed by atoms with Gasteiger partial charge in [-0.15, -0.1) is 6.42 Å². The molecule has 0 bridgehead atoms. The average molecular weight is 355 g/mol. The van der Waals surface area contributed by atoms with Gasteiger partial charge in [-0.2, -0.15) is 9.40 Å². The molecule has 0 radical (unpaired) electrons.